The van der Waals surface area contributed by atoms with Gasteiger partial charge in [-0.05, 0) is 61.6 Å². The molecule has 0 spiro atoms. The summed E-state index contributed by atoms with van der Waals surface area (Å²) in [4.78, 5) is 42.6. The summed E-state index contributed by atoms with van der Waals surface area (Å²) in [6.45, 7) is 1.14. The first-order valence-corrected chi connectivity index (χ1v) is 14.9. The molecule has 3 aliphatic rings. The molecule has 2 saturated carbocycles. The Morgan fingerprint density at radius 3 is 2.69 bits per heavy atom. The van der Waals surface area contributed by atoms with Gasteiger partial charge in [-0.1, -0.05) is 17.7 Å². The molecule has 2 heterocycles. The minimum atomic E-state index is -4.55. The van der Waals surface area contributed by atoms with E-state index in [0.717, 1.165) is 18.5 Å². The van der Waals surface area contributed by atoms with Crippen LogP contribution in [0.1, 0.15) is 48.0 Å². The Labute approximate surface area is 231 Å². The zero-order valence-corrected chi connectivity index (χ0v) is 23.1. The molecule has 1 aromatic carbocycles. The fourth-order valence-electron chi connectivity index (χ4n) is 5.62. The highest BCUT2D eigenvalue weighted by atomic mass is 35.5. The van der Waals surface area contributed by atoms with Crippen molar-refractivity contribution in [3.63, 3.8) is 0 Å². The maximum Gasteiger partial charge on any atom is 0.469 e. The number of piperidine rings is 1. The number of rotatable bonds is 10. The van der Waals surface area contributed by atoms with E-state index in [0.29, 0.717) is 66.6 Å². The summed E-state index contributed by atoms with van der Waals surface area (Å²) < 4.78 is 21.2. The monoisotopic (exact) mass is 581 g/mol. The SMILES string of the molecule is COc1ccc(CNc2nc(N3CC4CC4C3CO)ncc2C(=O)N[C@H]2CC[C@H](OP(=O)(O)O)CC2)cc1Cl. The number of anilines is 2. The number of nitrogens with zero attached hydrogens (tertiary/aromatic N) is 3. The van der Waals surface area contributed by atoms with Crippen LogP contribution in [-0.2, 0) is 15.6 Å². The highest BCUT2D eigenvalue weighted by Gasteiger charge is 2.53. The number of hydrogen-bond acceptors (Lipinski definition) is 9. The van der Waals surface area contributed by atoms with E-state index in [2.05, 4.69) is 15.6 Å². The molecular formula is C25H33ClN5O7P. The van der Waals surface area contributed by atoms with Crippen LogP contribution in [0, 0.1) is 11.8 Å². The van der Waals surface area contributed by atoms with Gasteiger partial charge in [0.15, 0.2) is 0 Å². The van der Waals surface area contributed by atoms with Gasteiger partial charge in [-0.2, -0.15) is 4.98 Å². The quantitative estimate of drug-likeness (QED) is 0.262. The third-order valence-electron chi connectivity index (χ3n) is 7.74. The Hall–Kier alpha value is -2.47. The largest absolute Gasteiger partial charge is 0.495 e. The summed E-state index contributed by atoms with van der Waals surface area (Å²) in [5.41, 5.74) is 1.14. The summed E-state index contributed by atoms with van der Waals surface area (Å²) in [7, 11) is -3.00. The lowest BCUT2D eigenvalue weighted by Gasteiger charge is -2.29. The van der Waals surface area contributed by atoms with E-state index in [4.69, 9.17) is 35.6 Å². The van der Waals surface area contributed by atoms with Crippen LogP contribution in [0.2, 0.25) is 5.02 Å². The van der Waals surface area contributed by atoms with Gasteiger partial charge >= 0.3 is 7.82 Å². The molecule has 14 heteroatoms. The molecule has 2 aliphatic carbocycles. The first-order valence-electron chi connectivity index (χ1n) is 13.0. The summed E-state index contributed by atoms with van der Waals surface area (Å²) in [5, 5.41) is 16.7. The van der Waals surface area contributed by atoms with Gasteiger partial charge in [0.05, 0.1) is 30.9 Å². The third kappa shape index (κ3) is 6.65. The van der Waals surface area contributed by atoms with Crippen molar-refractivity contribution in [1.82, 2.24) is 15.3 Å². The van der Waals surface area contributed by atoms with Crippen LogP contribution in [-0.4, -0.2) is 69.2 Å². The molecule has 3 atom stereocenters. The summed E-state index contributed by atoms with van der Waals surface area (Å²) in [6, 6.07) is 5.21. The number of amides is 1. The summed E-state index contributed by atoms with van der Waals surface area (Å²) >= 11 is 6.28. The minimum Gasteiger partial charge on any atom is -0.495 e. The maximum absolute atomic E-state index is 13.3. The van der Waals surface area contributed by atoms with Gasteiger partial charge in [0.25, 0.3) is 5.91 Å². The van der Waals surface area contributed by atoms with Gasteiger partial charge in [-0.25, -0.2) is 9.55 Å². The van der Waals surface area contributed by atoms with E-state index < -0.39 is 13.9 Å². The van der Waals surface area contributed by atoms with Crippen LogP contribution in [0.5, 0.6) is 5.75 Å². The Balaban J connectivity index is 1.31. The average molecular weight is 582 g/mol. The maximum atomic E-state index is 13.3. The molecule has 1 aliphatic heterocycles. The molecule has 1 aromatic heterocycles. The molecule has 1 amide bonds. The molecular weight excluding hydrogens is 549 g/mol. The van der Waals surface area contributed by atoms with Crippen LogP contribution < -0.4 is 20.3 Å². The molecule has 0 radical (unpaired) electrons. The normalized spacial score (nSPS) is 26.2. The number of carbonyl (C=O) groups is 1. The topological polar surface area (TPSA) is 166 Å². The number of hydrogen-bond donors (Lipinski definition) is 5. The summed E-state index contributed by atoms with van der Waals surface area (Å²) in [6.07, 6.45) is 3.97. The van der Waals surface area contributed by atoms with Crippen LogP contribution in [0.3, 0.4) is 0 Å². The molecule has 5 rings (SSSR count). The number of carbonyl (C=O) groups excluding carboxylic acids is 1. The van der Waals surface area contributed by atoms with Crippen LogP contribution in [0.15, 0.2) is 24.4 Å². The van der Waals surface area contributed by atoms with E-state index >= 15 is 0 Å². The lowest BCUT2D eigenvalue weighted by atomic mass is 9.93. The zero-order valence-electron chi connectivity index (χ0n) is 21.5. The number of aromatic nitrogens is 2. The Morgan fingerprint density at radius 1 is 1.26 bits per heavy atom. The number of aliphatic hydroxyl groups is 1. The van der Waals surface area contributed by atoms with Crippen molar-refractivity contribution in [2.75, 3.05) is 30.5 Å². The van der Waals surface area contributed by atoms with Gasteiger partial charge in [0.1, 0.15) is 17.1 Å². The average Bonchev–Trinajstić information content (AvgIpc) is 3.57. The molecule has 0 bridgehead atoms. The Bertz CT molecular complexity index is 1260. The van der Waals surface area contributed by atoms with E-state index in [1.54, 1.807) is 19.2 Å². The number of nitrogens with one attached hydrogen (secondary N) is 2. The fourth-order valence-corrected chi connectivity index (χ4v) is 6.50. The number of phosphoric acid groups is 1. The molecule has 12 nitrogen and oxygen atoms in total. The lowest BCUT2D eigenvalue weighted by molar-refractivity contribution is 0.0820. The predicted octanol–water partition coefficient (Wildman–Crippen LogP) is 2.72. The second-order valence-corrected chi connectivity index (χ2v) is 12.0. The number of aliphatic hydroxyl groups excluding tert-OH is 1. The third-order valence-corrected chi connectivity index (χ3v) is 8.61. The van der Waals surface area contributed by atoms with Crippen molar-refractivity contribution in [2.45, 2.75) is 56.8 Å². The van der Waals surface area contributed by atoms with E-state index in [-0.39, 0.29) is 30.2 Å². The van der Waals surface area contributed by atoms with E-state index in [9.17, 15) is 14.5 Å². The van der Waals surface area contributed by atoms with Crippen molar-refractivity contribution in [3.05, 3.63) is 40.5 Å². The minimum absolute atomic E-state index is 0.0221. The molecule has 5 N–H and O–H groups in total. The number of phosphoric ester groups is 1. The van der Waals surface area contributed by atoms with Crippen LogP contribution >= 0.6 is 19.4 Å². The zero-order chi connectivity index (χ0) is 27.7. The van der Waals surface area contributed by atoms with Crippen molar-refractivity contribution in [1.29, 1.82) is 0 Å². The van der Waals surface area contributed by atoms with Crippen molar-refractivity contribution in [3.8, 4) is 5.75 Å². The first-order chi connectivity index (χ1) is 18.6. The van der Waals surface area contributed by atoms with Gasteiger partial charge in [-0.3, -0.25) is 9.32 Å². The van der Waals surface area contributed by atoms with Gasteiger partial charge in [0, 0.05) is 25.3 Å². The second-order valence-electron chi connectivity index (χ2n) is 10.4. The first kappa shape index (κ1) is 28.1. The standard InChI is InChI=1S/C25H33ClN5O7P/c1-37-22-7-2-14(8-20(22)26)10-27-23-19(11-28-25(30-23)31-12-15-9-18(15)21(31)13-32)24(33)29-16-3-5-17(6-4-16)38-39(34,35)36/h2,7-8,11,15-18,21,32H,3-6,9-10,12-13H2,1H3,(H,29,33)(H,27,28,30)(H2,34,35,36)/t15?,16-,17-,18?,21?. The number of methoxy groups -OCH3 is 1. The summed E-state index contributed by atoms with van der Waals surface area (Å²) in [5.74, 6) is 2.02. The Kier molecular flexibility index (Phi) is 8.32. The second kappa shape index (κ2) is 11.6. The predicted molar refractivity (Wildman–Crippen MR) is 144 cm³/mol. The van der Waals surface area contributed by atoms with Crippen molar-refractivity contribution < 1.29 is 33.5 Å². The van der Waals surface area contributed by atoms with E-state index in [1.165, 1.54) is 6.20 Å². The number of halogens is 1. The highest BCUT2D eigenvalue weighted by Crippen LogP contribution is 2.50. The van der Waals surface area contributed by atoms with Crippen LogP contribution in [0.25, 0.3) is 0 Å². The Morgan fingerprint density at radius 2 is 2.03 bits per heavy atom. The van der Waals surface area contributed by atoms with Crippen LogP contribution in [0.4, 0.5) is 11.8 Å². The molecule has 3 unspecified atom stereocenters. The molecule has 212 valence electrons. The van der Waals surface area contributed by atoms with Gasteiger partial charge in [0.2, 0.25) is 5.95 Å². The molecule has 1 saturated heterocycles. The highest BCUT2D eigenvalue weighted by molar-refractivity contribution is 7.46. The lowest BCUT2D eigenvalue weighted by Crippen LogP contribution is -2.40. The van der Waals surface area contributed by atoms with E-state index in [1.807, 2.05) is 11.0 Å². The van der Waals surface area contributed by atoms with Crippen molar-refractivity contribution in [2.24, 2.45) is 11.8 Å². The molecule has 3 fully saturated rings. The fraction of sp³-hybridized carbons (Fsp3) is 0.560. The smallest absolute Gasteiger partial charge is 0.469 e. The number of ether oxygens (including phenoxy) is 1. The number of benzene rings is 1. The van der Waals surface area contributed by atoms with Gasteiger partial charge in [-0.15, -0.1) is 0 Å². The molecule has 39 heavy (non-hydrogen) atoms. The number of fused-ring (bicyclic) bond motifs is 1. The van der Waals surface area contributed by atoms with Crippen molar-refractivity contribution >= 4 is 37.1 Å². The van der Waals surface area contributed by atoms with Gasteiger partial charge < -0.3 is 35.2 Å². The molecule has 2 aromatic rings.